The summed E-state index contributed by atoms with van der Waals surface area (Å²) in [5, 5.41) is 4.70. The van der Waals surface area contributed by atoms with Crippen LogP contribution in [0.5, 0.6) is 0 Å². The number of fused-ring (bicyclic) bond motifs is 1. The van der Waals surface area contributed by atoms with Crippen LogP contribution in [0.15, 0.2) is 36.7 Å². The molecule has 0 saturated carbocycles. The number of thiocarbonyl (C=S) groups is 1. The van der Waals surface area contributed by atoms with Crippen LogP contribution in [-0.4, -0.2) is 15.9 Å². The molecule has 0 fully saturated rings. The fraction of sp³-hybridized carbons (Fsp3) is 0.0833. The Morgan fingerprint density at radius 3 is 3.00 bits per heavy atom. The number of nitrogens with two attached hydrogens (primary N) is 1. The van der Waals surface area contributed by atoms with E-state index >= 15 is 0 Å². The minimum atomic E-state index is -0.207. The van der Waals surface area contributed by atoms with Crippen molar-refractivity contribution in [1.29, 1.82) is 0 Å². The van der Waals surface area contributed by atoms with Gasteiger partial charge in [0, 0.05) is 28.9 Å². The van der Waals surface area contributed by atoms with Crippen molar-refractivity contribution in [3.63, 3.8) is 0 Å². The molecule has 0 unspecified atom stereocenters. The van der Waals surface area contributed by atoms with Gasteiger partial charge in [-0.25, -0.2) is 0 Å². The Bertz CT molecular complexity index is 577. The van der Waals surface area contributed by atoms with Crippen LogP contribution < -0.4 is 11.1 Å². The van der Waals surface area contributed by atoms with E-state index in [0.717, 1.165) is 16.5 Å². The van der Waals surface area contributed by atoms with Gasteiger partial charge in [0.15, 0.2) is 0 Å². The van der Waals surface area contributed by atoms with Gasteiger partial charge in [-0.15, -0.1) is 0 Å². The zero-order valence-corrected chi connectivity index (χ0v) is 9.83. The molecule has 3 N–H and O–H groups in total. The van der Waals surface area contributed by atoms with Crippen molar-refractivity contribution in [3.8, 4) is 0 Å². The fourth-order valence-electron chi connectivity index (χ4n) is 1.58. The standard InChI is InChI=1S/C12H11N3OS/c13-11(17)6-12(16)15-10-3-1-2-8-7-14-5-4-9(8)10/h1-5,7H,6H2,(H2,13,17)(H,15,16). The van der Waals surface area contributed by atoms with Gasteiger partial charge in [-0.3, -0.25) is 9.78 Å². The second-order valence-electron chi connectivity index (χ2n) is 3.59. The Morgan fingerprint density at radius 1 is 1.41 bits per heavy atom. The van der Waals surface area contributed by atoms with Crippen molar-refractivity contribution in [1.82, 2.24) is 4.98 Å². The van der Waals surface area contributed by atoms with E-state index in [-0.39, 0.29) is 17.3 Å². The molecule has 1 aromatic carbocycles. The summed E-state index contributed by atoms with van der Waals surface area (Å²) >= 11 is 4.69. The average molecular weight is 245 g/mol. The summed E-state index contributed by atoms with van der Waals surface area (Å²) in [7, 11) is 0. The van der Waals surface area contributed by atoms with Crippen LogP contribution in [0.25, 0.3) is 10.8 Å². The maximum Gasteiger partial charge on any atom is 0.231 e. The lowest BCUT2D eigenvalue weighted by Gasteiger charge is -2.07. The largest absolute Gasteiger partial charge is 0.393 e. The first-order valence-electron chi connectivity index (χ1n) is 5.08. The van der Waals surface area contributed by atoms with Crippen LogP contribution in [0.3, 0.4) is 0 Å². The maximum absolute atomic E-state index is 11.6. The first kappa shape index (κ1) is 11.5. The molecule has 1 heterocycles. The van der Waals surface area contributed by atoms with Crippen molar-refractivity contribution in [3.05, 3.63) is 36.7 Å². The zero-order chi connectivity index (χ0) is 12.3. The van der Waals surface area contributed by atoms with Gasteiger partial charge in [-0.2, -0.15) is 0 Å². The van der Waals surface area contributed by atoms with Gasteiger partial charge in [-0.05, 0) is 12.1 Å². The topological polar surface area (TPSA) is 68.0 Å². The van der Waals surface area contributed by atoms with Crippen LogP contribution in [0.4, 0.5) is 5.69 Å². The van der Waals surface area contributed by atoms with E-state index in [2.05, 4.69) is 10.3 Å². The highest BCUT2D eigenvalue weighted by atomic mass is 32.1. The number of nitrogens with zero attached hydrogens (tertiary/aromatic N) is 1. The van der Waals surface area contributed by atoms with Gasteiger partial charge >= 0.3 is 0 Å². The van der Waals surface area contributed by atoms with E-state index in [1.165, 1.54) is 0 Å². The van der Waals surface area contributed by atoms with Crippen LogP contribution in [-0.2, 0) is 4.79 Å². The molecule has 2 rings (SSSR count). The van der Waals surface area contributed by atoms with Crippen LogP contribution in [0, 0.1) is 0 Å². The molecule has 17 heavy (non-hydrogen) atoms. The number of aromatic nitrogens is 1. The van der Waals surface area contributed by atoms with Crippen molar-refractivity contribution in [2.75, 3.05) is 5.32 Å². The van der Waals surface area contributed by atoms with Gasteiger partial charge in [0.2, 0.25) is 5.91 Å². The number of pyridine rings is 1. The molecule has 4 nitrogen and oxygen atoms in total. The Hall–Kier alpha value is -2.01. The molecular formula is C12H11N3OS. The predicted molar refractivity (Wildman–Crippen MR) is 71.8 cm³/mol. The Kier molecular flexibility index (Phi) is 3.30. The monoisotopic (exact) mass is 245 g/mol. The third-order valence-electron chi connectivity index (χ3n) is 2.29. The SMILES string of the molecule is NC(=S)CC(=O)Nc1cccc2cnccc12. The Balaban J connectivity index is 2.30. The summed E-state index contributed by atoms with van der Waals surface area (Å²) in [5.41, 5.74) is 6.06. The fourth-order valence-corrected chi connectivity index (χ4v) is 1.72. The maximum atomic E-state index is 11.6. The molecule has 0 saturated heterocycles. The molecule has 0 aliphatic carbocycles. The van der Waals surface area contributed by atoms with E-state index < -0.39 is 0 Å². The first-order valence-corrected chi connectivity index (χ1v) is 5.48. The minimum Gasteiger partial charge on any atom is -0.393 e. The molecule has 2 aromatic rings. The summed E-state index contributed by atoms with van der Waals surface area (Å²) in [5.74, 6) is -0.207. The Labute approximate surface area is 104 Å². The number of anilines is 1. The molecular weight excluding hydrogens is 234 g/mol. The van der Waals surface area contributed by atoms with E-state index in [9.17, 15) is 4.79 Å². The van der Waals surface area contributed by atoms with E-state index in [0.29, 0.717) is 0 Å². The molecule has 86 valence electrons. The smallest absolute Gasteiger partial charge is 0.231 e. The highest BCUT2D eigenvalue weighted by Gasteiger charge is 2.06. The highest BCUT2D eigenvalue weighted by Crippen LogP contribution is 2.22. The molecule has 0 aliphatic rings. The number of hydrogen-bond acceptors (Lipinski definition) is 3. The number of nitrogens with one attached hydrogen (secondary N) is 1. The molecule has 0 aliphatic heterocycles. The lowest BCUT2D eigenvalue weighted by Crippen LogP contribution is -2.20. The summed E-state index contributed by atoms with van der Waals surface area (Å²) in [4.78, 5) is 15.8. The number of carbonyl (C=O) groups is 1. The minimum absolute atomic E-state index is 0.0524. The molecule has 5 heteroatoms. The van der Waals surface area contributed by atoms with Crippen LogP contribution >= 0.6 is 12.2 Å². The molecule has 0 bridgehead atoms. The van der Waals surface area contributed by atoms with Gasteiger partial charge in [-0.1, -0.05) is 24.4 Å². The summed E-state index contributed by atoms with van der Waals surface area (Å²) in [6.45, 7) is 0. The van der Waals surface area contributed by atoms with Crippen LogP contribution in [0.1, 0.15) is 6.42 Å². The quantitative estimate of drug-likeness (QED) is 0.810. The normalized spacial score (nSPS) is 10.1. The molecule has 0 atom stereocenters. The van der Waals surface area contributed by atoms with Crippen LogP contribution in [0.2, 0.25) is 0 Å². The summed E-state index contributed by atoms with van der Waals surface area (Å²) < 4.78 is 0. The van der Waals surface area contributed by atoms with E-state index in [1.54, 1.807) is 12.4 Å². The van der Waals surface area contributed by atoms with Gasteiger partial charge in [0.1, 0.15) is 0 Å². The number of amides is 1. The first-order chi connectivity index (χ1) is 8.16. The zero-order valence-electron chi connectivity index (χ0n) is 9.01. The second-order valence-corrected chi connectivity index (χ2v) is 4.12. The van der Waals surface area contributed by atoms with Crippen molar-refractivity contribution < 1.29 is 4.79 Å². The van der Waals surface area contributed by atoms with E-state index in [1.807, 2.05) is 24.3 Å². The molecule has 0 spiro atoms. The predicted octanol–water partition coefficient (Wildman–Crippen LogP) is 1.85. The second kappa shape index (κ2) is 4.88. The average Bonchev–Trinajstić information content (AvgIpc) is 2.28. The number of rotatable bonds is 3. The Morgan fingerprint density at radius 2 is 2.24 bits per heavy atom. The van der Waals surface area contributed by atoms with Gasteiger partial charge < -0.3 is 11.1 Å². The molecule has 1 amide bonds. The molecule has 1 aromatic heterocycles. The summed E-state index contributed by atoms with van der Waals surface area (Å²) in [6, 6.07) is 7.48. The third-order valence-corrected chi connectivity index (χ3v) is 2.43. The third kappa shape index (κ3) is 2.76. The number of hydrogen-bond donors (Lipinski definition) is 2. The number of carbonyl (C=O) groups excluding carboxylic acids is 1. The lowest BCUT2D eigenvalue weighted by atomic mass is 10.1. The van der Waals surface area contributed by atoms with E-state index in [4.69, 9.17) is 18.0 Å². The van der Waals surface area contributed by atoms with Crippen molar-refractivity contribution in [2.24, 2.45) is 5.73 Å². The molecule has 0 radical (unpaired) electrons. The summed E-state index contributed by atoms with van der Waals surface area (Å²) in [6.07, 6.45) is 3.49. The highest BCUT2D eigenvalue weighted by molar-refractivity contribution is 7.80. The van der Waals surface area contributed by atoms with Crippen molar-refractivity contribution in [2.45, 2.75) is 6.42 Å². The van der Waals surface area contributed by atoms with Crippen molar-refractivity contribution >= 4 is 39.6 Å². The number of benzene rings is 1. The van der Waals surface area contributed by atoms with Gasteiger partial charge in [0.05, 0.1) is 11.4 Å². The van der Waals surface area contributed by atoms with Gasteiger partial charge in [0.25, 0.3) is 0 Å². The lowest BCUT2D eigenvalue weighted by molar-refractivity contribution is -0.115.